The fourth-order valence-electron chi connectivity index (χ4n) is 2.19. The maximum Gasteiger partial charge on any atom is 0.341 e. The van der Waals surface area contributed by atoms with Gasteiger partial charge in [0, 0.05) is 25.8 Å². The molecule has 2 rings (SSSR count). The van der Waals surface area contributed by atoms with E-state index in [1.165, 1.54) is 33.2 Å². The highest BCUT2D eigenvalue weighted by atomic mass is 32.2. The molecular weight excluding hydrogens is 376 g/mol. The number of hydrogen-bond acceptors (Lipinski definition) is 6. The largest absolute Gasteiger partial charge is 0.482 e. The van der Waals surface area contributed by atoms with Crippen molar-refractivity contribution >= 4 is 27.6 Å². The zero-order valence-corrected chi connectivity index (χ0v) is 16.1. The van der Waals surface area contributed by atoms with Crippen LogP contribution in [0, 0.1) is 13.8 Å². The fraction of sp³-hybridized carbons (Fsp3) is 0.294. The van der Waals surface area contributed by atoms with Crippen LogP contribution in [0.2, 0.25) is 0 Å². The Hall–Kier alpha value is -2.85. The maximum absolute atomic E-state index is 12.5. The number of benzene rings is 1. The molecule has 1 aromatic heterocycles. The molecule has 0 fully saturated rings. The van der Waals surface area contributed by atoms with Crippen LogP contribution < -0.4 is 10.1 Å². The Labute approximate surface area is 156 Å². The summed E-state index contributed by atoms with van der Waals surface area (Å²) in [6.07, 6.45) is 0. The minimum absolute atomic E-state index is 0.0982. The van der Waals surface area contributed by atoms with Crippen molar-refractivity contribution in [2.75, 3.05) is 26.0 Å². The molecule has 2 aromatic rings. The quantitative estimate of drug-likeness (QED) is 0.731. The fourth-order valence-corrected chi connectivity index (χ4v) is 3.05. The summed E-state index contributed by atoms with van der Waals surface area (Å²) < 4.78 is 35.6. The van der Waals surface area contributed by atoms with Crippen LogP contribution in [0.4, 0.5) is 5.69 Å². The van der Waals surface area contributed by atoms with Crippen LogP contribution >= 0.6 is 0 Å². The molecule has 146 valence electrons. The van der Waals surface area contributed by atoms with Gasteiger partial charge < -0.3 is 19.6 Å². The summed E-state index contributed by atoms with van der Waals surface area (Å²) in [5, 5.41) is 11.0. The number of nitrogens with zero attached hydrogens (tertiary/aromatic N) is 1. The summed E-state index contributed by atoms with van der Waals surface area (Å²) in [7, 11) is -1.06. The number of aliphatic carboxylic acids is 1. The topological polar surface area (TPSA) is 126 Å². The van der Waals surface area contributed by atoms with Crippen LogP contribution in [0.5, 0.6) is 5.75 Å². The number of anilines is 1. The first kappa shape index (κ1) is 20.5. The normalized spacial score (nSPS) is 11.4. The number of rotatable bonds is 7. The minimum atomic E-state index is -3.79. The summed E-state index contributed by atoms with van der Waals surface area (Å²) >= 11 is 0. The van der Waals surface area contributed by atoms with Crippen molar-refractivity contribution in [3.05, 3.63) is 41.2 Å². The summed E-state index contributed by atoms with van der Waals surface area (Å²) in [6.45, 7) is 2.75. The van der Waals surface area contributed by atoms with E-state index in [4.69, 9.17) is 14.3 Å². The predicted molar refractivity (Wildman–Crippen MR) is 96.6 cm³/mol. The lowest BCUT2D eigenvalue weighted by molar-refractivity contribution is -0.139. The van der Waals surface area contributed by atoms with E-state index in [0.29, 0.717) is 17.0 Å². The molecule has 0 bridgehead atoms. The molecule has 2 N–H and O–H groups in total. The van der Waals surface area contributed by atoms with Crippen LogP contribution in [0.1, 0.15) is 21.7 Å². The van der Waals surface area contributed by atoms with Gasteiger partial charge in [0.2, 0.25) is 5.09 Å². The summed E-state index contributed by atoms with van der Waals surface area (Å²) in [5.41, 5.74) is 1.22. The average Bonchev–Trinajstić information content (AvgIpc) is 2.97. The first-order chi connectivity index (χ1) is 12.5. The molecule has 0 saturated carbocycles. The second kappa shape index (κ2) is 7.80. The van der Waals surface area contributed by atoms with Crippen LogP contribution in [0.3, 0.4) is 0 Å². The van der Waals surface area contributed by atoms with Gasteiger partial charge in [-0.15, -0.1) is 0 Å². The van der Waals surface area contributed by atoms with Gasteiger partial charge in [0.25, 0.3) is 15.9 Å². The highest BCUT2D eigenvalue weighted by Crippen LogP contribution is 2.25. The number of hydrogen-bond donors (Lipinski definition) is 2. The Bertz CT molecular complexity index is 977. The van der Waals surface area contributed by atoms with E-state index < -0.39 is 28.5 Å². The second-order valence-corrected chi connectivity index (χ2v) is 8.02. The molecule has 0 radical (unpaired) electrons. The number of furan rings is 1. The van der Waals surface area contributed by atoms with E-state index in [9.17, 15) is 18.0 Å². The van der Waals surface area contributed by atoms with Crippen molar-refractivity contribution in [1.29, 1.82) is 0 Å². The Morgan fingerprint density at radius 1 is 1.22 bits per heavy atom. The van der Waals surface area contributed by atoms with Gasteiger partial charge in [-0.25, -0.2) is 17.5 Å². The highest BCUT2D eigenvalue weighted by Gasteiger charge is 2.25. The number of nitrogens with one attached hydrogen (secondary N) is 1. The Morgan fingerprint density at radius 3 is 2.44 bits per heavy atom. The van der Waals surface area contributed by atoms with Gasteiger partial charge in [-0.1, -0.05) is 0 Å². The van der Waals surface area contributed by atoms with Gasteiger partial charge in [-0.3, -0.25) is 4.79 Å². The standard InChI is InChI=1S/C17H20N2O7S/c1-10-7-12(25-9-15(20)21)5-6-14(10)18-17(22)13-8-16(26-11(13)2)27(23,24)19(3)4/h5-8H,9H2,1-4H3,(H,18,22)(H,20,21). The molecule has 27 heavy (non-hydrogen) atoms. The molecule has 0 saturated heterocycles. The van der Waals surface area contributed by atoms with Crippen molar-refractivity contribution in [2.24, 2.45) is 0 Å². The zero-order chi connectivity index (χ0) is 20.4. The Kier molecular flexibility index (Phi) is 5.91. The van der Waals surface area contributed by atoms with Gasteiger partial charge in [0.15, 0.2) is 6.61 Å². The second-order valence-electron chi connectivity index (χ2n) is 5.94. The van der Waals surface area contributed by atoms with E-state index in [1.54, 1.807) is 19.1 Å². The number of carbonyl (C=O) groups is 2. The number of ether oxygens (including phenoxy) is 1. The van der Waals surface area contributed by atoms with Gasteiger partial charge in [-0.05, 0) is 37.6 Å². The molecule has 1 amide bonds. The highest BCUT2D eigenvalue weighted by molar-refractivity contribution is 7.88. The lowest BCUT2D eigenvalue weighted by atomic mass is 10.1. The Balaban J connectivity index is 2.21. The van der Waals surface area contributed by atoms with E-state index in [-0.39, 0.29) is 16.4 Å². The lowest BCUT2D eigenvalue weighted by Crippen LogP contribution is -2.21. The third kappa shape index (κ3) is 4.66. The van der Waals surface area contributed by atoms with Crippen LogP contribution in [0.25, 0.3) is 0 Å². The van der Waals surface area contributed by atoms with Crippen molar-refractivity contribution in [1.82, 2.24) is 4.31 Å². The number of aryl methyl sites for hydroxylation is 2. The Morgan fingerprint density at radius 2 is 1.89 bits per heavy atom. The van der Waals surface area contributed by atoms with Crippen LogP contribution in [0.15, 0.2) is 33.8 Å². The molecule has 9 nitrogen and oxygen atoms in total. The molecule has 0 aliphatic heterocycles. The minimum Gasteiger partial charge on any atom is -0.482 e. The molecule has 0 aliphatic rings. The van der Waals surface area contributed by atoms with Gasteiger partial charge in [0.1, 0.15) is 11.5 Å². The molecule has 1 heterocycles. The third-order valence-corrected chi connectivity index (χ3v) is 5.35. The molecule has 0 aliphatic carbocycles. The molecule has 1 aromatic carbocycles. The van der Waals surface area contributed by atoms with Crippen LogP contribution in [-0.2, 0) is 14.8 Å². The summed E-state index contributed by atoms with van der Waals surface area (Å²) in [5.74, 6) is -1.10. The first-order valence-electron chi connectivity index (χ1n) is 7.82. The van der Waals surface area contributed by atoms with Crippen molar-refractivity contribution < 1.29 is 32.3 Å². The van der Waals surface area contributed by atoms with Crippen molar-refractivity contribution in [2.45, 2.75) is 18.9 Å². The average molecular weight is 396 g/mol. The third-order valence-electron chi connectivity index (χ3n) is 3.68. The van der Waals surface area contributed by atoms with Gasteiger partial charge in [0.05, 0.1) is 5.56 Å². The van der Waals surface area contributed by atoms with E-state index in [2.05, 4.69) is 5.32 Å². The SMILES string of the molecule is Cc1cc(OCC(=O)O)ccc1NC(=O)c1cc(S(=O)(=O)N(C)C)oc1C. The molecule has 0 spiro atoms. The van der Waals surface area contributed by atoms with Crippen molar-refractivity contribution in [3.63, 3.8) is 0 Å². The number of carbonyl (C=O) groups excluding carboxylic acids is 1. The smallest absolute Gasteiger partial charge is 0.341 e. The maximum atomic E-state index is 12.5. The number of carboxylic acid groups (broad SMARTS) is 1. The molecule has 10 heteroatoms. The van der Waals surface area contributed by atoms with Crippen molar-refractivity contribution in [3.8, 4) is 5.75 Å². The first-order valence-corrected chi connectivity index (χ1v) is 9.26. The summed E-state index contributed by atoms with van der Waals surface area (Å²) in [6, 6.07) is 5.86. The summed E-state index contributed by atoms with van der Waals surface area (Å²) in [4.78, 5) is 23.0. The number of amides is 1. The lowest BCUT2D eigenvalue weighted by Gasteiger charge is -2.10. The van der Waals surface area contributed by atoms with E-state index >= 15 is 0 Å². The van der Waals surface area contributed by atoms with Gasteiger partial charge >= 0.3 is 5.97 Å². The predicted octanol–water partition coefficient (Wildman–Crippen LogP) is 1.86. The van der Waals surface area contributed by atoms with Gasteiger partial charge in [-0.2, -0.15) is 0 Å². The number of sulfonamides is 1. The molecule has 0 unspecified atom stereocenters. The number of carboxylic acids is 1. The molecular formula is C17H20N2O7S. The zero-order valence-electron chi connectivity index (χ0n) is 15.3. The van der Waals surface area contributed by atoms with E-state index in [1.807, 2.05) is 0 Å². The monoisotopic (exact) mass is 396 g/mol. The molecule has 0 atom stereocenters. The van der Waals surface area contributed by atoms with Crippen LogP contribution in [-0.4, -0.2) is 50.4 Å². The van der Waals surface area contributed by atoms with E-state index in [0.717, 1.165) is 4.31 Å².